The van der Waals surface area contributed by atoms with Crippen LogP contribution in [0, 0.1) is 0 Å². The van der Waals surface area contributed by atoms with Gasteiger partial charge in [0.15, 0.2) is 0 Å². The van der Waals surface area contributed by atoms with E-state index < -0.39 is 30.7 Å². The molecule has 0 saturated carbocycles. The van der Waals surface area contributed by atoms with Crippen LogP contribution in [0.4, 0.5) is 0 Å². The Balaban J connectivity index is -0.000000529. The summed E-state index contributed by atoms with van der Waals surface area (Å²) >= 11 is -4.81. The van der Waals surface area contributed by atoms with Gasteiger partial charge >= 0.3 is 212 Å². The molecule has 0 heterocycles. The zero-order valence-corrected chi connectivity index (χ0v) is 33.8. The van der Waals surface area contributed by atoms with Gasteiger partial charge < -0.3 is 0 Å². The second-order valence-electron chi connectivity index (χ2n) is 13.8. The van der Waals surface area contributed by atoms with E-state index >= 15 is 0 Å². The van der Waals surface area contributed by atoms with Gasteiger partial charge in [-0.3, -0.25) is 0 Å². The van der Waals surface area contributed by atoms with Gasteiger partial charge in [0.25, 0.3) is 0 Å². The van der Waals surface area contributed by atoms with Crippen LogP contribution in [-0.4, -0.2) is 113 Å². The molecule has 0 aromatic carbocycles. The van der Waals surface area contributed by atoms with Crippen molar-refractivity contribution in [3.63, 3.8) is 0 Å². The van der Waals surface area contributed by atoms with Crippen molar-refractivity contribution >= 4 is 79.6 Å². The summed E-state index contributed by atoms with van der Waals surface area (Å²) in [5.41, 5.74) is -1.30. The molecule has 0 aromatic heterocycles. The Bertz CT molecular complexity index is 394. The maximum Gasteiger partial charge on any atom is 0 e. The van der Waals surface area contributed by atoms with Crippen molar-refractivity contribution in [1.29, 1.82) is 0 Å². The molecule has 0 aliphatic rings. The molecule has 33 heavy (non-hydrogen) atoms. The first-order valence-corrected chi connectivity index (χ1v) is 16.6. The maximum atomic E-state index is 5.91. The summed E-state index contributed by atoms with van der Waals surface area (Å²) in [6.45, 7) is 36.5. The quantitative estimate of drug-likeness (QED) is 0.294. The van der Waals surface area contributed by atoms with E-state index in [0.29, 0.717) is 0 Å². The van der Waals surface area contributed by atoms with Crippen molar-refractivity contribution in [2.75, 3.05) is 0 Å². The van der Waals surface area contributed by atoms with E-state index in [-0.39, 0.29) is 82.5 Å². The molecule has 196 valence electrons. The zero-order valence-electron chi connectivity index (χ0n) is 25.2. The molecule has 0 aromatic rings. The van der Waals surface area contributed by atoms with Gasteiger partial charge in [-0.05, 0) is 0 Å². The van der Waals surface area contributed by atoms with Crippen LogP contribution in [0.1, 0.15) is 125 Å². The van der Waals surface area contributed by atoms with Gasteiger partial charge in [-0.15, -0.1) is 0 Å². The Morgan fingerprint density at radius 3 is 0.424 bits per heavy atom. The first-order valence-electron chi connectivity index (χ1n) is 11.4. The first-order chi connectivity index (χ1) is 13.6. The molecular weight excluding hydrogens is 667 g/mol. The zero-order chi connectivity index (χ0) is 26.4. The topological polar surface area (TPSA) is 55.4 Å². The van der Waals surface area contributed by atoms with E-state index in [4.69, 9.17) is 22.6 Å². The summed E-state index contributed by atoms with van der Waals surface area (Å²) in [5, 5.41) is 0. The van der Waals surface area contributed by atoms with Gasteiger partial charge in [-0.2, -0.15) is 0 Å². The van der Waals surface area contributed by atoms with Crippen molar-refractivity contribution in [1.82, 2.24) is 0 Å². The standard InChI is InChI=1S/2C12H27GeO3.Ba/c2*1-10(2,3)14-13(15-11(4,5)6)16-12(7,8)9;/h2*1-9H3;. The minimum absolute atomic E-state index is 0. The summed E-state index contributed by atoms with van der Waals surface area (Å²) in [6, 6.07) is 0. The number of hydrogen-bond donors (Lipinski definition) is 0. The van der Waals surface area contributed by atoms with E-state index in [2.05, 4.69) is 0 Å². The van der Waals surface area contributed by atoms with Gasteiger partial charge in [-0.25, -0.2) is 0 Å². The van der Waals surface area contributed by atoms with Gasteiger partial charge in [0, 0.05) is 48.9 Å². The Labute approximate surface area is 257 Å². The first kappa shape index (κ1) is 39.9. The SMILES string of the molecule is CC(C)(C)[O][Ge]([O]C(C)(C)C)[O]C(C)(C)C.CC(C)(C)[O][Ge]([O]C(C)(C)C)[O]C(C)(C)C.[Ba]. The Morgan fingerprint density at radius 2 is 0.364 bits per heavy atom. The van der Waals surface area contributed by atoms with Crippen LogP contribution in [0.3, 0.4) is 0 Å². The monoisotopic (exact) mass is 724 g/mol. The largest absolute Gasteiger partial charge is 0 e. The Hall–Kier alpha value is 2.42. The average molecular weight is 721 g/mol. The van der Waals surface area contributed by atoms with Crippen molar-refractivity contribution in [3.8, 4) is 0 Å². The molecule has 0 bridgehead atoms. The van der Waals surface area contributed by atoms with E-state index in [9.17, 15) is 0 Å². The van der Waals surface area contributed by atoms with Crippen molar-refractivity contribution in [3.05, 3.63) is 0 Å². The van der Waals surface area contributed by atoms with E-state index in [1.165, 1.54) is 0 Å². The molecule has 0 N–H and O–H groups in total. The average Bonchev–Trinajstić information content (AvgIpc) is 2.24. The smallest absolute Gasteiger partial charge is 0 e. The summed E-state index contributed by atoms with van der Waals surface area (Å²) < 4.78 is 35.5. The fraction of sp³-hybridized carbons (Fsp3) is 1.00. The van der Waals surface area contributed by atoms with Gasteiger partial charge in [-0.1, -0.05) is 0 Å². The minimum Gasteiger partial charge on any atom is 0 e. The molecular formula is C24H54BaGe2O6. The molecule has 0 rings (SSSR count). The van der Waals surface area contributed by atoms with E-state index in [0.717, 1.165) is 0 Å². The summed E-state index contributed by atoms with van der Waals surface area (Å²) in [6.07, 6.45) is 0. The molecule has 0 atom stereocenters. The molecule has 0 amide bonds. The molecule has 9 heteroatoms. The van der Waals surface area contributed by atoms with Crippen molar-refractivity contribution < 1.29 is 22.6 Å². The van der Waals surface area contributed by atoms with Crippen LogP contribution in [0.5, 0.6) is 0 Å². The third kappa shape index (κ3) is 34.4. The molecule has 0 saturated heterocycles. The van der Waals surface area contributed by atoms with Gasteiger partial charge in [0.1, 0.15) is 0 Å². The molecule has 0 unspecified atom stereocenters. The molecule has 6 nitrogen and oxygen atoms in total. The van der Waals surface area contributed by atoms with Crippen molar-refractivity contribution in [2.45, 2.75) is 158 Å². The van der Waals surface area contributed by atoms with Crippen LogP contribution in [0.15, 0.2) is 0 Å². The summed E-state index contributed by atoms with van der Waals surface area (Å²) in [4.78, 5) is 0. The molecule has 0 fully saturated rings. The van der Waals surface area contributed by atoms with Crippen LogP contribution in [0.25, 0.3) is 0 Å². The molecule has 0 aliphatic heterocycles. The van der Waals surface area contributed by atoms with Gasteiger partial charge in [0.05, 0.1) is 0 Å². The van der Waals surface area contributed by atoms with Crippen LogP contribution >= 0.6 is 0 Å². The Kier molecular flexibility index (Phi) is 18.3. The maximum absolute atomic E-state index is 5.91. The van der Waals surface area contributed by atoms with Crippen LogP contribution in [-0.2, 0) is 22.6 Å². The summed E-state index contributed by atoms with van der Waals surface area (Å²) in [7, 11) is 0. The fourth-order valence-corrected chi connectivity index (χ4v) is 8.44. The van der Waals surface area contributed by atoms with Crippen molar-refractivity contribution in [2.24, 2.45) is 0 Å². The normalized spacial score (nSPS) is 14.2. The Morgan fingerprint density at radius 1 is 0.273 bits per heavy atom. The molecule has 0 aliphatic carbocycles. The predicted octanol–water partition coefficient (Wildman–Crippen LogP) is 6.45. The minimum atomic E-state index is -2.40. The third-order valence-electron chi connectivity index (χ3n) is 2.34. The van der Waals surface area contributed by atoms with Crippen LogP contribution in [0.2, 0.25) is 0 Å². The number of hydrogen-bond acceptors (Lipinski definition) is 6. The fourth-order valence-electron chi connectivity index (χ4n) is 1.63. The second-order valence-corrected chi connectivity index (χ2v) is 18.5. The van der Waals surface area contributed by atoms with Gasteiger partial charge in [0.2, 0.25) is 0 Å². The molecule has 0 spiro atoms. The third-order valence-corrected chi connectivity index (χ3v) is 12.1. The predicted molar refractivity (Wildman–Crippen MR) is 142 cm³/mol. The molecule has 4 radical (unpaired) electrons. The number of rotatable bonds is 6. The second kappa shape index (κ2) is 15.1. The van der Waals surface area contributed by atoms with E-state index in [1.807, 2.05) is 125 Å². The summed E-state index contributed by atoms with van der Waals surface area (Å²) in [5.74, 6) is 0. The van der Waals surface area contributed by atoms with Crippen LogP contribution < -0.4 is 0 Å². The van der Waals surface area contributed by atoms with E-state index in [1.54, 1.807) is 0 Å².